The number of piperazine rings is 1. The molecule has 4 aromatic rings. The Labute approximate surface area is 219 Å². The number of carbonyl (C=O) groups is 1. The van der Waals surface area contributed by atoms with Crippen molar-refractivity contribution in [2.75, 3.05) is 24.5 Å². The lowest BCUT2D eigenvalue weighted by molar-refractivity contribution is -0.192. The maximum atomic E-state index is 10.6. The maximum absolute atomic E-state index is 10.6. The highest BCUT2D eigenvalue weighted by Crippen LogP contribution is 2.35. The number of alkyl halides is 3. The van der Waals surface area contributed by atoms with Crippen LogP contribution >= 0.6 is 11.3 Å². The van der Waals surface area contributed by atoms with Crippen molar-refractivity contribution < 1.29 is 28.2 Å². The maximum Gasteiger partial charge on any atom is 0.490 e. The standard InChI is InChI=1S/C22H23N7OS.C2HF3O2/c1-13(2)18-12-29(9-8-23-18)22-25-11-17(27-28-22)15-6-5-14(10-19(15)30)20-26-16-4-3-7-24-21(16)31-20;3-2(4,5)1(6)7/h3-7,10-11,13,18,23,30H,8-9,12H2,1-2H3;(H,6,7)/t18-;/m1./s1. The molecule has 1 aromatic carbocycles. The smallest absolute Gasteiger partial charge is 0.490 e. The second kappa shape index (κ2) is 11.2. The molecular formula is C24H24F3N7O3S. The number of aliphatic carboxylic acids is 1. The quantitative estimate of drug-likeness (QED) is 0.344. The molecule has 4 heterocycles. The highest BCUT2D eigenvalue weighted by Gasteiger charge is 2.38. The molecule has 0 bridgehead atoms. The summed E-state index contributed by atoms with van der Waals surface area (Å²) in [7, 11) is 0. The molecule has 38 heavy (non-hydrogen) atoms. The molecule has 10 nitrogen and oxygen atoms in total. The first kappa shape index (κ1) is 27.1. The lowest BCUT2D eigenvalue weighted by Crippen LogP contribution is -2.53. The van der Waals surface area contributed by atoms with Crippen molar-refractivity contribution in [3.8, 4) is 27.6 Å². The van der Waals surface area contributed by atoms with Crippen molar-refractivity contribution in [2.24, 2.45) is 5.92 Å². The summed E-state index contributed by atoms with van der Waals surface area (Å²) in [6.07, 6.45) is -1.66. The van der Waals surface area contributed by atoms with E-state index in [0.717, 1.165) is 40.6 Å². The van der Waals surface area contributed by atoms with Crippen molar-refractivity contribution in [2.45, 2.75) is 26.1 Å². The molecule has 1 fully saturated rings. The number of thiazole rings is 1. The Kier molecular flexibility index (Phi) is 8.02. The Morgan fingerprint density at radius 3 is 2.58 bits per heavy atom. The van der Waals surface area contributed by atoms with Gasteiger partial charge in [0.1, 0.15) is 26.8 Å². The lowest BCUT2D eigenvalue weighted by atomic mass is 10.0. The first-order valence-corrected chi connectivity index (χ1v) is 12.4. The van der Waals surface area contributed by atoms with Crippen LogP contribution in [-0.4, -0.2) is 73.2 Å². The number of phenolic OH excluding ortho intramolecular Hbond substituents is 1. The monoisotopic (exact) mass is 547 g/mol. The highest BCUT2D eigenvalue weighted by molar-refractivity contribution is 7.21. The number of nitrogens with zero attached hydrogens (tertiary/aromatic N) is 6. The van der Waals surface area contributed by atoms with Crippen LogP contribution in [0.3, 0.4) is 0 Å². The molecule has 14 heteroatoms. The highest BCUT2D eigenvalue weighted by atomic mass is 32.1. The van der Waals surface area contributed by atoms with Gasteiger partial charge in [-0.15, -0.1) is 10.2 Å². The number of fused-ring (bicyclic) bond motifs is 1. The van der Waals surface area contributed by atoms with Gasteiger partial charge in [-0.05, 0) is 30.2 Å². The topological polar surface area (TPSA) is 137 Å². The summed E-state index contributed by atoms with van der Waals surface area (Å²) < 4.78 is 31.7. The zero-order chi connectivity index (χ0) is 27.4. The Morgan fingerprint density at radius 2 is 1.97 bits per heavy atom. The first-order chi connectivity index (χ1) is 18.0. The van der Waals surface area contributed by atoms with Gasteiger partial charge in [-0.1, -0.05) is 31.3 Å². The van der Waals surface area contributed by atoms with Gasteiger partial charge in [0, 0.05) is 43.0 Å². The summed E-state index contributed by atoms with van der Waals surface area (Å²) in [5, 5.41) is 30.8. The normalized spacial score (nSPS) is 15.8. The van der Waals surface area contributed by atoms with E-state index in [1.54, 1.807) is 18.5 Å². The van der Waals surface area contributed by atoms with E-state index in [2.05, 4.69) is 49.2 Å². The first-order valence-electron chi connectivity index (χ1n) is 11.6. The van der Waals surface area contributed by atoms with E-state index in [1.807, 2.05) is 24.3 Å². The van der Waals surface area contributed by atoms with Crippen LogP contribution in [0.2, 0.25) is 0 Å². The Hall–Kier alpha value is -3.91. The van der Waals surface area contributed by atoms with Crippen molar-refractivity contribution >= 4 is 33.6 Å². The summed E-state index contributed by atoms with van der Waals surface area (Å²) in [5.41, 5.74) is 2.82. The van der Waals surface area contributed by atoms with Gasteiger partial charge in [-0.3, -0.25) is 0 Å². The van der Waals surface area contributed by atoms with Crippen LogP contribution in [0.15, 0.2) is 42.7 Å². The number of hydrogen-bond acceptors (Lipinski definition) is 10. The average molecular weight is 548 g/mol. The third-order valence-electron chi connectivity index (χ3n) is 5.77. The van der Waals surface area contributed by atoms with Crippen LogP contribution in [0.1, 0.15) is 13.8 Å². The molecule has 0 spiro atoms. The lowest BCUT2D eigenvalue weighted by Gasteiger charge is -2.35. The van der Waals surface area contributed by atoms with E-state index in [0.29, 0.717) is 29.2 Å². The zero-order valence-electron chi connectivity index (χ0n) is 20.3. The van der Waals surface area contributed by atoms with Crippen LogP contribution in [0.25, 0.3) is 32.2 Å². The van der Waals surface area contributed by atoms with E-state index in [4.69, 9.17) is 9.90 Å². The van der Waals surface area contributed by atoms with E-state index in [1.165, 1.54) is 11.3 Å². The fourth-order valence-electron chi connectivity index (χ4n) is 3.72. The molecular weight excluding hydrogens is 523 g/mol. The second-order valence-corrected chi connectivity index (χ2v) is 9.75. The van der Waals surface area contributed by atoms with E-state index in [9.17, 15) is 18.3 Å². The largest absolute Gasteiger partial charge is 0.507 e. The van der Waals surface area contributed by atoms with Crippen molar-refractivity contribution in [3.05, 3.63) is 42.7 Å². The molecule has 0 radical (unpaired) electrons. The molecule has 1 aliphatic rings. The molecule has 200 valence electrons. The van der Waals surface area contributed by atoms with Gasteiger partial charge in [-0.25, -0.2) is 19.7 Å². The molecule has 1 saturated heterocycles. The van der Waals surface area contributed by atoms with Crippen LogP contribution in [0.5, 0.6) is 5.75 Å². The molecule has 0 aliphatic carbocycles. The summed E-state index contributed by atoms with van der Waals surface area (Å²) in [6, 6.07) is 9.66. The van der Waals surface area contributed by atoms with Gasteiger partial charge in [-0.2, -0.15) is 13.2 Å². The number of anilines is 1. The summed E-state index contributed by atoms with van der Waals surface area (Å²) >= 11 is 1.50. The summed E-state index contributed by atoms with van der Waals surface area (Å²) in [6.45, 7) is 7.02. The van der Waals surface area contributed by atoms with Crippen LogP contribution in [-0.2, 0) is 4.79 Å². The number of aromatic nitrogens is 5. The molecule has 3 N–H and O–H groups in total. The van der Waals surface area contributed by atoms with Crippen LogP contribution < -0.4 is 10.2 Å². The van der Waals surface area contributed by atoms with Crippen LogP contribution in [0.4, 0.5) is 19.1 Å². The molecule has 0 unspecified atom stereocenters. The predicted molar refractivity (Wildman–Crippen MR) is 136 cm³/mol. The number of carboxylic acids is 1. The Morgan fingerprint density at radius 1 is 1.21 bits per heavy atom. The Balaban J connectivity index is 0.000000426. The van der Waals surface area contributed by atoms with Crippen molar-refractivity contribution in [3.63, 3.8) is 0 Å². The van der Waals surface area contributed by atoms with E-state index < -0.39 is 12.1 Å². The van der Waals surface area contributed by atoms with Gasteiger partial charge in [0.2, 0.25) is 5.95 Å². The minimum absolute atomic E-state index is 0.121. The fourth-order valence-corrected chi connectivity index (χ4v) is 4.62. The Bertz CT molecular complexity index is 1380. The second-order valence-electron chi connectivity index (χ2n) is 8.78. The number of halogens is 3. The van der Waals surface area contributed by atoms with Crippen molar-refractivity contribution in [1.29, 1.82) is 0 Å². The minimum atomic E-state index is -5.08. The number of benzene rings is 1. The molecule has 0 amide bonds. The summed E-state index contributed by atoms with van der Waals surface area (Å²) in [4.78, 5) is 25.4. The van der Waals surface area contributed by atoms with Gasteiger partial charge < -0.3 is 20.4 Å². The van der Waals surface area contributed by atoms with E-state index in [-0.39, 0.29) is 5.75 Å². The van der Waals surface area contributed by atoms with E-state index >= 15 is 0 Å². The molecule has 0 saturated carbocycles. The zero-order valence-corrected chi connectivity index (χ0v) is 21.2. The predicted octanol–water partition coefficient (Wildman–Crippen LogP) is 3.98. The molecule has 3 aromatic heterocycles. The van der Waals surface area contributed by atoms with Gasteiger partial charge in [0.05, 0.1) is 6.20 Å². The molecule has 5 rings (SSSR count). The number of aromatic hydroxyl groups is 1. The number of rotatable bonds is 4. The number of pyridine rings is 1. The third-order valence-corrected chi connectivity index (χ3v) is 6.80. The summed E-state index contributed by atoms with van der Waals surface area (Å²) in [5.74, 6) is -1.48. The number of phenols is 1. The van der Waals surface area contributed by atoms with Crippen molar-refractivity contribution in [1.82, 2.24) is 30.5 Å². The average Bonchev–Trinajstić information content (AvgIpc) is 3.33. The number of nitrogens with one attached hydrogen (secondary N) is 1. The minimum Gasteiger partial charge on any atom is -0.507 e. The van der Waals surface area contributed by atoms with Gasteiger partial charge in [0.15, 0.2) is 0 Å². The SMILES string of the molecule is CC(C)[C@H]1CN(c2ncc(-c3ccc(-c4nc5cccnc5s4)cc3O)nn2)CCN1.O=C(O)C(F)(F)F. The van der Waals surface area contributed by atoms with Crippen LogP contribution in [0, 0.1) is 5.92 Å². The third kappa shape index (κ3) is 6.31. The van der Waals surface area contributed by atoms with Gasteiger partial charge in [0.25, 0.3) is 0 Å². The number of hydrogen-bond donors (Lipinski definition) is 3. The molecule has 1 aliphatic heterocycles. The number of carboxylic acid groups (broad SMARTS) is 1. The molecule has 1 atom stereocenters. The fraction of sp³-hybridized carbons (Fsp3) is 0.333. The van der Waals surface area contributed by atoms with Gasteiger partial charge >= 0.3 is 12.1 Å².